The summed E-state index contributed by atoms with van der Waals surface area (Å²) in [5, 5.41) is 6.79. The normalized spacial score (nSPS) is 19.0. The van der Waals surface area contributed by atoms with Crippen molar-refractivity contribution in [2.45, 2.75) is 51.8 Å². The van der Waals surface area contributed by atoms with Gasteiger partial charge in [-0.3, -0.25) is 9.59 Å². The standard InChI is InChI=1S/C23H32N4O5/c1-14-6-7-16-15(10-14)11-18(24-16)21(29)25-17-8-9-27(20(28)13-31-5)12-19(17)26-22(30)32-23(2,3)4/h6-7,10-11,17,19,24H,8-9,12-13H2,1-5H3,(H,25,29)(H,26,30)/t17-,19-/m1/s1. The van der Waals surface area contributed by atoms with E-state index in [9.17, 15) is 14.4 Å². The lowest BCUT2D eigenvalue weighted by atomic mass is 9.98. The molecular weight excluding hydrogens is 412 g/mol. The molecule has 32 heavy (non-hydrogen) atoms. The van der Waals surface area contributed by atoms with E-state index < -0.39 is 17.7 Å². The number of ether oxygens (including phenoxy) is 2. The van der Waals surface area contributed by atoms with Crippen molar-refractivity contribution in [3.05, 3.63) is 35.5 Å². The summed E-state index contributed by atoms with van der Waals surface area (Å²) in [7, 11) is 1.46. The van der Waals surface area contributed by atoms with Gasteiger partial charge < -0.3 is 30.0 Å². The zero-order chi connectivity index (χ0) is 23.5. The minimum absolute atomic E-state index is 0.0370. The number of benzene rings is 1. The highest BCUT2D eigenvalue weighted by Gasteiger charge is 2.34. The number of nitrogens with zero attached hydrogens (tertiary/aromatic N) is 1. The van der Waals surface area contributed by atoms with Crippen molar-refractivity contribution < 1.29 is 23.9 Å². The second kappa shape index (κ2) is 9.60. The number of aryl methyl sites for hydroxylation is 1. The van der Waals surface area contributed by atoms with Crippen LogP contribution < -0.4 is 10.6 Å². The molecule has 9 nitrogen and oxygen atoms in total. The lowest BCUT2D eigenvalue weighted by Crippen LogP contribution is -2.62. The Kier molecular flexibility index (Phi) is 7.08. The number of nitrogens with one attached hydrogen (secondary N) is 3. The van der Waals surface area contributed by atoms with Crippen molar-refractivity contribution in [3.8, 4) is 0 Å². The summed E-state index contributed by atoms with van der Waals surface area (Å²) >= 11 is 0. The molecule has 1 aromatic carbocycles. The van der Waals surface area contributed by atoms with E-state index in [0.29, 0.717) is 18.7 Å². The summed E-state index contributed by atoms with van der Waals surface area (Å²) in [6, 6.07) is 6.87. The first-order chi connectivity index (χ1) is 15.1. The second-order valence-electron chi connectivity index (χ2n) is 9.17. The lowest BCUT2D eigenvalue weighted by Gasteiger charge is -2.39. The Morgan fingerprint density at radius 1 is 1.16 bits per heavy atom. The van der Waals surface area contributed by atoms with Crippen molar-refractivity contribution in [1.82, 2.24) is 20.5 Å². The average Bonchev–Trinajstić information content (AvgIpc) is 3.11. The Morgan fingerprint density at radius 2 is 1.91 bits per heavy atom. The Morgan fingerprint density at radius 3 is 2.59 bits per heavy atom. The first-order valence-corrected chi connectivity index (χ1v) is 10.7. The van der Waals surface area contributed by atoms with Crippen molar-refractivity contribution in [1.29, 1.82) is 0 Å². The molecule has 9 heteroatoms. The fourth-order valence-electron chi connectivity index (χ4n) is 3.79. The third-order valence-corrected chi connectivity index (χ3v) is 5.27. The van der Waals surface area contributed by atoms with Crippen LogP contribution in [0.3, 0.4) is 0 Å². The molecule has 2 atom stereocenters. The van der Waals surface area contributed by atoms with E-state index in [1.54, 1.807) is 25.7 Å². The summed E-state index contributed by atoms with van der Waals surface area (Å²) in [5.74, 6) is -0.434. The van der Waals surface area contributed by atoms with Gasteiger partial charge in [0.1, 0.15) is 17.9 Å². The molecule has 0 bridgehead atoms. The summed E-state index contributed by atoms with van der Waals surface area (Å²) < 4.78 is 10.3. The van der Waals surface area contributed by atoms with Crippen LogP contribution in [0.15, 0.2) is 24.3 Å². The lowest BCUT2D eigenvalue weighted by molar-refractivity contribution is -0.136. The molecule has 3 amide bonds. The number of H-pyrrole nitrogens is 1. The number of piperidine rings is 1. The number of aromatic nitrogens is 1. The first-order valence-electron chi connectivity index (χ1n) is 10.7. The maximum absolute atomic E-state index is 13.0. The molecule has 3 rings (SSSR count). The highest BCUT2D eigenvalue weighted by Crippen LogP contribution is 2.18. The van der Waals surface area contributed by atoms with Crippen LogP contribution in [0.25, 0.3) is 10.9 Å². The first kappa shape index (κ1) is 23.6. The quantitative estimate of drug-likeness (QED) is 0.655. The summed E-state index contributed by atoms with van der Waals surface area (Å²) in [6.07, 6.45) is -0.107. The molecule has 174 valence electrons. The number of fused-ring (bicyclic) bond motifs is 1. The predicted molar refractivity (Wildman–Crippen MR) is 121 cm³/mol. The molecule has 0 aliphatic carbocycles. The molecule has 3 N–H and O–H groups in total. The molecule has 2 heterocycles. The zero-order valence-corrected chi connectivity index (χ0v) is 19.3. The summed E-state index contributed by atoms with van der Waals surface area (Å²) in [6.45, 7) is 7.99. The average molecular weight is 445 g/mol. The molecule has 1 aliphatic rings. The number of likely N-dealkylation sites (tertiary alicyclic amines) is 1. The highest BCUT2D eigenvalue weighted by atomic mass is 16.6. The van der Waals surface area contributed by atoms with Gasteiger partial charge in [-0.1, -0.05) is 11.6 Å². The number of hydrogen-bond donors (Lipinski definition) is 3. The molecule has 0 spiro atoms. The number of hydrogen-bond acceptors (Lipinski definition) is 5. The maximum Gasteiger partial charge on any atom is 0.408 e. The number of methoxy groups -OCH3 is 1. The van der Waals surface area contributed by atoms with Crippen LogP contribution in [0.2, 0.25) is 0 Å². The van der Waals surface area contributed by atoms with E-state index >= 15 is 0 Å². The van der Waals surface area contributed by atoms with E-state index in [0.717, 1.165) is 16.5 Å². The molecule has 1 saturated heterocycles. The van der Waals surface area contributed by atoms with E-state index in [1.807, 2.05) is 31.2 Å². The fraction of sp³-hybridized carbons (Fsp3) is 0.522. The minimum atomic E-state index is -0.661. The number of carbonyl (C=O) groups is 3. The molecule has 0 radical (unpaired) electrons. The van der Waals surface area contributed by atoms with Gasteiger partial charge in [-0.2, -0.15) is 0 Å². The third kappa shape index (κ3) is 6.00. The number of alkyl carbamates (subject to hydrolysis) is 1. The predicted octanol–water partition coefficient (Wildman–Crippen LogP) is 2.35. The van der Waals surface area contributed by atoms with Crippen LogP contribution in [-0.4, -0.2) is 72.3 Å². The van der Waals surface area contributed by atoms with E-state index in [2.05, 4.69) is 15.6 Å². The molecule has 1 aliphatic heterocycles. The topological polar surface area (TPSA) is 113 Å². The third-order valence-electron chi connectivity index (χ3n) is 5.27. The molecule has 0 unspecified atom stereocenters. The van der Waals surface area contributed by atoms with E-state index in [1.165, 1.54) is 7.11 Å². The van der Waals surface area contributed by atoms with Crippen molar-refractivity contribution in [3.63, 3.8) is 0 Å². The number of carbonyl (C=O) groups excluding carboxylic acids is 3. The Bertz CT molecular complexity index is 994. The summed E-state index contributed by atoms with van der Waals surface area (Å²) in [4.78, 5) is 42.4. The maximum atomic E-state index is 13.0. The largest absolute Gasteiger partial charge is 0.444 e. The van der Waals surface area contributed by atoms with Crippen LogP contribution in [0, 0.1) is 6.92 Å². The van der Waals surface area contributed by atoms with Crippen LogP contribution in [-0.2, 0) is 14.3 Å². The van der Waals surface area contributed by atoms with Gasteiger partial charge in [0.15, 0.2) is 0 Å². The number of amides is 3. The molecular formula is C23H32N4O5. The minimum Gasteiger partial charge on any atom is -0.444 e. The van der Waals surface area contributed by atoms with Gasteiger partial charge in [-0.05, 0) is 52.3 Å². The molecule has 0 saturated carbocycles. The Balaban J connectivity index is 1.74. The number of rotatable bonds is 5. The Hall–Kier alpha value is -3.07. The SMILES string of the molecule is COCC(=O)N1CC[C@@H](NC(=O)c2cc3cc(C)ccc3[nH]2)[C@H](NC(=O)OC(C)(C)C)C1. The van der Waals surface area contributed by atoms with Gasteiger partial charge in [-0.25, -0.2) is 4.79 Å². The van der Waals surface area contributed by atoms with Gasteiger partial charge in [0.25, 0.3) is 5.91 Å². The van der Waals surface area contributed by atoms with Gasteiger partial charge >= 0.3 is 6.09 Å². The van der Waals surface area contributed by atoms with E-state index in [-0.39, 0.29) is 31.0 Å². The van der Waals surface area contributed by atoms with Crippen LogP contribution in [0.1, 0.15) is 43.2 Å². The van der Waals surface area contributed by atoms with Crippen LogP contribution >= 0.6 is 0 Å². The zero-order valence-electron chi connectivity index (χ0n) is 19.3. The molecule has 1 fully saturated rings. The van der Waals surface area contributed by atoms with Crippen LogP contribution in [0.5, 0.6) is 0 Å². The van der Waals surface area contributed by atoms with Gasteiger partial charge in [-0.15, -0.1) is 0 Å². The van der Waals surface area contributed by atoms with Crippen molar-refractivity contribution >= 4 is 28.8 Å². The highest BCUT2D eigenvalue weighted by molar-refractivity contribution is 5.98. The van der Waals surface area contributed by atoms with Gasteiger partial charge in [0, 0.05) is 31.1 Å². The summed E-state index contributed by atoms with van der Waals surface area (Å²) in [5.41, 5.74) is 1.77. The second-order valence-corrected chi connectivity index (χ2v) is 9.17. The van der Waals surface area contributed by atoms with Crippen LogP contribution in [0.4, 0.5) is 4.79 Å². The van der Waals surface area contributed by atoms with E-state index in [4.69, 9.17) is 9.47 Å². The monoisotopic (exact) mass is 444 g/mol. The smallest absolute Gasteiger partial charge is 0.408 e. The van der Waals surface area contributed by atoms with Crippen molar-refractivity contribution in [2.24, 2.45) is 0 Å². The molecule has 2 aromatic rings. The van der Waals surface area contributed by atoms with Gasteiger partial charge in [0.05, 0.1) is 12.1 Å². The number of aromatic amines is 1. The van der Waals surface area contributed by atoms with Gasteiger partial charge in [0.2, 0.25) is 5.91 Å². The Labute approximate surface area is 187 Å². The van der Waals surface area contributed by atoms with Crippen molar-refractivity contribution in [2.75, 3.05) is 26.8 Å². The fourth-order valence-corrected chi connectivity index (χ4v) is 3.79. The molecule has 1 aromatic heterocycles.